The second kappa shape index (κ2) is 9.61. The van der Waals surface area contributed by atoms with E-state index in [9.17, 15) is 4.79 Å². The van der Waals surface area contributed by atoms with Gasteiger partial charge in [0.05, 0.1) is 11.4 Å². The third-order valence-electron chi connectivity index (χ3n) is 4.27. The summed E-state index contributed by atoms with van der Waals surface area (Å²) < 4.78 is 5.43. The molecule has 0 aliphatic carbocycles. The molecule has 1 heterocycles. The summed E-state index contributed by atoms with van der Waals surface area (Å²) in [6.07, 6.45) is 1.54. The number of hydrazone groups is 1. The third-order valence-corrected chi connectivity index (χ3v) is 4.27. The van der Waals surface area contributed by atoms with Crippen LogP contribution in [0.25, 0.3) is 0 Å². The summed E-state index contributed by atoms with van der Waals surface area (Å²) in [4.78, 5) is 13.9. The number of nitrogens with zero attached hydrogens (tertiary/aromatic N) is 4. The van der Waals surface area contributed by atoms with Crippen LogP contribution in [0.1, 0.15) is 33.6 Å². The first-order chi connectivity index (χ1) is 13.3. The molecule has 1 aliphatic rings. The van der Waals surface area contributed by atoms with E-state index in [0.717, 1.165) is 25.1 Å². The van der Waals surface area contributed by atoms with Crippen LogP contribution in [-0.4, -0.2) is 41.9 Å². The molecule has 0 radical (unpaired) electrons. The van der Waals surface area contributed by atoms with Gasteiger partial charge in [-0.05, 0) is 51.7 Å². The van der Waals surface area contributed by atoms with Crippen molar-refractivity contribution >= 4 is 23.2 Å². The molecule has 8 heteroatoms. The van der Waals surface area contributed by atoms with Crippen LogP contribution in [0.4, 0.5) is 16.2 Å². The van der Waals surface area contributed by atoms with Crippen LogP contribution >= 0.6 is 0 Å². The van der Waals surface area contributed by atoms with Gasteiger partial charge in [0.25, 0.3) is 0 Å². The fraction of sp³-hybridized carbons (Fsp3) is 0.500. The number of hydrogen-bond acceptors (Lipinski definition) is 7. The molecule has 148 valence electrons. The van der Waals surface area contributed by atoms with Crippen LogP contribution in [0.2, 0.25) is 0 Å². The number of benzene rings is 1. The highest BCUT2D eigenvalue weighted by atomic mass is 16.6. The number of carbonyl (C=O) groups excluding carboxylic acids is 1. The van der Waals surface area contributed by atoms with Crippen LogP contribution in [-0.2, 0) is 4.74 Å². The molecule has 1 amide bonds. The maximum Gasteiger partial charge on any atom is 0.410 e. The lowest BCUT2D eigenvalue weighted by molar-refractivity contribution is 0.0188. The van der Waals surface area contributed by atoms with Gasteiger partial charge in [0.2, 0.25) is 5.71 Å². The highest BCUT2D eigenvalue weighted by molar-refractivity contribution is 6.10. The molecule has 0 spiro atoms. The van der Waals surface area contributed by atoms with Gasteiger partial charge in [-0.3, -0.25) is 5.43 Å². The second-order valence-electron chi connectivity index (χ2n) is 7.63. The monoisotopic (exact) mass is 382 g/mol. The Bertz CT molecular complexity index is 776. The molecule has 2 N–H and O–H groups in total. The number of likely N-dealkylation sites (tertiary alicyclic amines) is 1. The minimum atomic E-state index is -0.481. The zero-order chi connectivity index (χ0) is 20.6. The van der Waals surface area contributed by atoms with Crippen molar-refractivity contribution in [3.8, 4) is 12.1 Å². The SMILES string of the molecule is CC(C)(C)OC(=O)N1CCC(CNc2ccccc2NN=C(C#N)C#N)CC1. The molecule has 0 bridgehead atoms. The summed E-state index contributed by atoms with van der Waals surface area (Å²) in [7, 11) is 0. The van der Waals surface area contributed by atoms with Gasteiger partial charge in [-0.15, -0.1) is 0 Å². The number of rotatable bonds is 5. The summed E-state index contributed by atoms with van der Waals surface area (Å²) in [5.41, 5.74) is 3.58. The first-order valence-corrected chi connectivity index (χ1v) is 9.27. The van der Waals surface area contributed by atoms with Crippen LogP contribution in [0.3, 0.4) is 0 Å². The van der Waals surface area contributed by atoms with Crippen LogP contribution in [0, 0.1) is 28.6 Å². The molecule has 2 rings (SSSR count). The van der Waals surface area contributed by atoms with E-state index in [1.54, 1.807) is 17.0 Å². The normalized spacial score (nSPS) is 14.4. The van der Waals surface area contributed by atoms with Crippen molar-refractivity contribution in [2.24, 2.45) is 11.0 Å². The number of ether oxygens (including phenoxy) is 1. The van der Waals surface area contributed by atoms with E-state index in [4.69, 9.17) is 15.3 Å². The number of hydrogen-bond donors (Lipinski definition) is 2. The minimum Gasteiger partial charge on any atom is -0.444 e. The highest BCUT2D eigenvalue weighted by Crippen LogP contribution is 2.24. The Labute approximate surface area is 165 Å². The van der Waals surface area contributed by atoms with E-state index in [-0.39, 0.29) is 11.8 Å². The van der Waals surface area contributed by atoms with E-state index in [1.807, 2.05) is 45.0 Å². The van der Waals surface area contributed by atoms with Gasteiger partial charge in [-0.25, -0.2) is 4.79 Å². The molecular weight excluding hydrogens is 356 g/mol. The fourth-order valence-electron chi connectivity index (χ4n) is 2.83. The lowest BCUT2D eigenvalue weighted by Crippen LogP contribution is -2.42. The number of para-hydroxylation sites is 2. The molecule has 1 fully saturated rings. The zero-order valence-corrected chi connectivity index (χ0v) is 16.5. The summed E-state index contributed by atoms with van der Waals surface area (Å²) in [6, 6.07) is 10.9. The van der Waals surface area contributed by atoms with Crippen LogP contribution in [0.15, 0.2) is 29.4 Å². The number of nitriles is 2. The van der Waals surface area contributed by atoms with Crippen molar-refractivity contribution in [3.05, 3.63) is 24.3 Å². The van der Waals surface area contributed by atoms with Crippen molar-refractivity contribution in [1.29, 1.82) is 10.5 Å². The molecule has 0 unspecified atom stereocenters. The Morgan fingerprint density at radius 1 is 1.21 bits per heavy atom. The van der Waals surface area contributed by atoms with Gasteiger partial charge in [0.15, 0.2) is 0 Å². The van der Waals surface area contributed by atoms with Crippen molar-refractivity contribution < 1.29 is 9.53 Å². The Balaban J connectivity index is 1.86. The minimum absolute atomic E-state index is 0.232. The summed E-state index contributed by atoms with van der Waals surface area (Å²) >= 11 is 0. The highest BCUT2D eigenvalue weighted by Gasteiger charge is 2.26. The number of carbonyl (C=O) groups is 1. The van der Waals surface area contributed by atoms with Crippen LogP contribution < -0.4 is 10.7 Å². The lowest BCUT2D eigenvalue weighted by Gasteiger charge is -2.33. The van der Waals surface area contributed by atoms with E-state index >= 15 is 0 Å². The van der Waals surface area contributed by atoms with Gasteiger partial charge < -0.3 is 15.0 Å². The van der Waals surface area contributed by atoms with Crippen LogP contribution in [0.5, 0.6) is 0 Å². The molecule has 28 heavy (non-hydrogen) atoms. The van der Waals surface area contributed by atoms with Crippen molar-refractivity contribution in [2.45, 2.75) is 39.2 Å². The van der Waals surface area contributed by atoms with E-state index < -0.39 is 5.60 Å². The third kappa shape index (κ3) is 6.48. The van der Waals surface area contributed by atoms with E-state index in [2.05, 4.69) is 15.8 Å². The topological polar surface area (TPSA) is 114 Å². The predicted molar refractivity (Wildman–Crippen MR) is 108 cm³/mol. The molecule has 1 aromatic rings. The molecule has 0 atom stereocenters. The standard InChI is InChI=1S/C20H26N6O2/c1-20(2,3)28-19(27)26-10-8-15(9-11-26)14-23-17-6-4-5-7-18(17)25-24-16(12-21)13-22/h4-7,15,23,25H,8-11,14H2,1-3H3. The molecule has 8 nitrogen and oxygen atoms in total. The first-order valence-electron chi connectivity index (χ1n) is 9.27. The Hall–Kier alpha value is -3.26. The maximum absolute atomic E-state index is 12.1. The molecule has 1 saturated heterocycles. The Morgan fingerprint density at radius 2 is 1.82 bits per heavy atom. The average Bonchev–Trinajstić information content (AvgIpc) is 2.67. The van der Waals surface area contributed by atoms with E-state index in [0.29, 0.717) is 24.7 Å². The Kier molecular flexibility index (Phi) is 7.22. The number of piperidine rings is 1. The maximum atomic E-state index is 12.1. The smallest absolute Gasteiger partial charge is 0.410 e. The van der Waals surface area contributed by atoms with Gasteiger partial charge >= 0.3 is 6.09 Å². The average molecular weight is 382 g/mol. The molecule has 1 aliphatic heterocycles. The quantitative estimate of drug-likeness (QED) is 0.594. The Morgan fingerprint density at radius 3 is 2.39 bits per heavy atom. The van der Waals surface area contributed by atoms with Crippen molar-refractivity contribution in [3.63, 3.8) is 0 Å². The van der Waals surface area contributed by atoms with Crippen molar-refractivity contribution in [2.75, 3.05) is 30.4 Å². The fourth-order valence-corrected chi connectivity index (χ4v) is 2.83. The summed E-state index contributed by atoms with van der Waals surface area (Å²) in [6.45, 7) is 7.72. The first kappa shape index (κ1) is 21.0. The molecule has 0 saturated carbocycles. The predicted octanol–water partition coefficient (Wildman–Crippen LogP) is 3.56. The number of amides is 1. The van der Waals surface area contributed by atoms with Gasteiger partial charge in [0.1, 0.15) is 17.7 Å². The lowest BCUT2D eigenvalue weighted by atomic mass is 9.97. The molecular formula is C20H26N6O2. The molecule has 1 aromatic carbocycles. The van der Waals surface area contributed by atoms with Crippen molar-refractivity contribution in [1.82, 2.24) is 4.90 Å². The number of anilines is 2. The largest absolute Gasteiger partial charge is 0.444 e. The second-order valence-corrected chi connectivity index (χ2v) is 7.63. The van der Waals surface area contributed by atoms with Gasteiger partial charge in [-0.2, -0.15) is 15.6 Å². The van der Waals surface area contributed by atoms with Gasteiger partial charge in [0, 0.05) is 19.6 Å². The zero-order valence-electron chi connectivity index (χ0n) is 16.5. The van der Waals surface area contributed by atoms with Gasteiger partial charge in [-0.1, -0.05) is 12.1 Å². The summed E-state index contributed by atoms with van der Waals surface area (Å²) in [5.74, 6) is 0.434. The number of nitrogens with one attached hydrogen (secondary N) is 2. The summed E-state index contributed by atoms with van der Waals surface area (Å²) in [5, 5.41) is 24.7. The molecule has 0 aromatic heterocycles. The van der Waals surface area contributed by atoms with E-state index in [1.165, 1.54) is 0 Å².